The quantitative estimate of drug-likeness (QED) is 0.404. The van der Waals surface area contributed by atoms with Gasteiger partial charge in [-0.15, -0.1) is 0 Å². The fourth-order valence-corrected chi connectivity index (χ4v) is 2.49. The summed E-state index contributed by atoms with van der Waals surface area (Å²) in [4.78, 5) is 45.7. The molecule has 0 spiro atoms. The van der Waals surface area contributed by atoms with Crippen LogP contribution >= 0.6 is 0 Å². The maximum Gasteiger partial charge on any atom is 0.303 e. The third-order valence-corrected chi connectivity index (χ3v) is 3.32. The smallest absolute Gasteiger partial charge is 0.303 e. The summed E-state index contributed by atoms with van der Waals surface area (Å²) in [6.07, 6.45) is -6.14. The molecule has 0 unspecified atom stereocenters. The Hall–Kier alpha value is -2.24. The maximum atomic E-state index is 11.6. The van der Waals surface area contributed by atoms with E-state index in [9.17, 15) is 19.2 Å². The van der Waals surface area contributed by atoms with Gasteiger partial charge in [-0.1, -0.05) is 0 Å². The predicted molar refractivity (Wildman–Crippen MR) is 85.0 cm³/mol. The van der Waals surface area contributed by atoms with Gasteiger partial charge >= 0.3 is 23.9 Å². The zero-order valence-electron chi connectivity index (χ0n) is 15.5. The first kappa shape index (κ1) is 22.8. The standard InChI is InChI=1S/C16H24O11/c1-8(18)23-7-12-13(24-9(2)19)14(25-10(3)20)15(26-11(4)21)16(27-12)22-6-5-17/h12-17H,5-7H2,1-4H3/t12-,13+,14+,15-,16-/m1/s1. The highest BCUT2D eigenvalue weighted by Crippen LogP contribution is 2.29. The SMILES string of the molecule is CC(=O)OC[C@H]1O[C@@H](OCCO)[C@H](OC(C)=O)[C@@H](OC(C)=O)[C@H]1OC(C)=O. The Bertz CT molecular complexity index is 546. The van der Waals surface area contributed by atoms with Crippen LogP contribution in [0.25, 0.3) is 0 Å². The lowest BCUT2D eigenvalue weighted by Gasteiger charge is -2.43. The first-order chi connectivity index (χ1) is 12.6. The highest BCUT2D eigenvalue weighted by atomic mass is 16.7. The van der Waals surface area contributed by atoms with Crippen LogP contribution in [0.4, 0.5) is 0 Å². The molecular formula is C16H24O11. The number of hydrogen-bond acceptors (Lipinski definition) is 11. The molecule has 0 bridgehead atoms. The van der Waals surface area contributed by atoms with E-state index in [1.165, 1.54) is 6.92 Å². The van der Waals surface area contributed by atoms with Crippen LogP contribution in [0.15, 0.2) is 0 Å². The van der Waals surface area contributed by atoms with Gasteiger partial charge in [0.05, 0.1) is 13.2 Å². The molecule has 0 aromatic heterocycles. The number of carbonyl (C=O) groups excluding carboxylic acids is 4. The summed E-state index contributed by atoms with van der Waals surface area (Å²) in [5.41, 5.74) is 0. The number of aliphatic hydroxyl groups excluding tert-OH is 1. The second-order valence-electron chi connectivity index (χ2n) is 5.66. The molecule has 0 saturated carbocycles. The van der Waals surface area contributed by atoms with Gasteiger partial charge in [0.2, 0.25) is 0 Å². The summed E-state index contributed by atoms with van der Waals surface area (Å²) >= 11 is 0. The topological polar surface area (TPSA) is 144 Å². The molecule has 1 saturated heterocycles. The van der Waals surface area contributed by atoms with Gasteiger partial charge in [-0.25, -0.2) is 0 Å². The third-order valence-electron chi connectivity index (χ3n) is 3.32. The first-order valence-corrected chi connectivity index (χ1v) is 8.18. The Morgan fingerprint density at radius 1 is 0.815 bits per heavy atom. The molecule has 0 aromatic rings. The lowest BCUT2D eigenvalue weighted by atomic mass is 9.98. The molecule has 27 heavy (non-hydrogen) atoms. The van der Waals surface area contributed by atoms with E-state index in [4.69, 9.17) is 33.5 Å². The average Bonchev–Trinajstić information content (AvgIpc) is 2.54. The Kier molecular flexibility index (Phi) is 9.12. The monoisotopic (exact) mass is 392 g/mol. The lowest BCUT2D eigenvalue weighted by Crippen LogP contribution is -2.63. The molecule has 1 aliphatic heterocycles. The van der Waals surface area contributed by atoms with Crippen LogP contribution in [-0.2, 0) is 47.6 Å². The Balaban J connectivity index is 3.22. The minimum absolute atomic E-state index is 0.173. The molecule has 11 heteroatoms. The van der Waals surface area contributed by atoms with Crippen LogP contribution in [0.1, 0.15) is 27.7 Å². The zero-order chi connectivity index (χ0) is 20.6. The van der Waals surface area contributed by atoms with Gasteiger partial charge < -0.3 is 33.5 Å². The average molecular weight is 392 g/mol. The van der Waals surface area contributed by atoms with E-state index in [2.05, 4.69) is 0 Å². The third kappa shape index (κ3) is 7.49. The number of esters is 4. The second-order valence-corrected chi connectivity index (χ2v) is 5.66. The van der Waals surface area contributed by atoms with Crippen molar-refractivity contribution in [1.82, 2.24) is 0 Å². The van der Waals surface area contributed by atoms with E-state index in [0.29, 0.717) is 0 Å². The zero-order valence-corrected chi connectivity index (χ0v) is 15.5. The largest absolute Gasteiger partial charge is 0.463 e. The molecule has 11 nitrogen and oxygen atoms in total. The van der Waals surface area contributed by atoms with Crippen molar-refractivity contribution in [3.63, 3.8) is 0 Å². The summed E-state index contributed by atoms with van der Waals surface area (Å²) in [5.74, 6) is -2.79. The minimum atomic E-state index is -1.28. The van der Waals surface area contributed by atoms with E-state index in [0.717, 1.165) is 20.8 Å². The van der Waals surface area contributed by atoms with Crippen LogP contribution in [0.2, 0.25) is 0 Å². The molecule has 0 aromatic carbocycles. The molecule has 0 amide bonds. The summed E-state index contributed by atoms with van der Waals surface area (Å²) in [6, 6.07) is 0. The molecule has 5 atom stereocenters. The molecular weight excluding hydrogens is 368 g/mol. The molecule has 1 fully saturated rings. The molecule has 0 aliphatic carbocycles. The van der Waals surface area contributed by atoms with Crippen molar-refractivity contribution < 1.29 is 52.7 Å². The van der Waals surface area contributed by atoms with Crippen LogP contribution in [0, 0.1) is 0 Å². The van der Waals surface area contributed by atoms with Crippen molar-refractivity contribution in [1.29, 1.82) is 0 Å². The van der Waals surface area contributed by atoms with Crippen molar-refractivity contribution >= 4 is 23.9 Å². The Labute approximate surface area is 155 Å². The summed E-state index contributed by atoms with van der Waals surface area (Å²) in [7, 11) is 0. The molecule has 1 heterocycles. The molecule has 1 rings (SSSR count). The number of aliphatic hydroxyl groups is 1. The number of hydrogen-bond donors (Lipinski definition) is 1. The van der Waals surface area contributed by atoms with Gasteiger partial charge in [0.25, 0.3) is 0 Å². The van der Waals surface area contributed by atoms with Gasteiger partial charge in [0.15, 0.2) is 24.6 Å². The highest BCUT2D eigenvalue weighted by Gasteiger charge is 2.52. The van der Waals surface area contributed by atoms with E-state index < -0.39 is 54.6 Å². The van der Waals surface area contributed by atoms with Crippen molar-refractivity contribution in [2.24, 2.45) is 0 Å². The van der Waals surface area contributed by atoms with E-state index in [-0.39, 0.29) is 19.8 Å². The summed E-state index contributed by atoms with van der Waals surface area (Å²) in [6.45, 7) is 3.68. The Morgan fingerprint density at radius 2 is 1.33 bits per heavy atom. The number of ether oxygens (including phenoxy) is 6. The summed E-state index contributed by atoms with van der Waals surface area (Å²) < 4.78 is 31.4. The molecule has 1 N–H and O–H groups in total. The maximum absolute atomic E-state index is 11.6. The highest BCUT2D eigenvalue weighted by molar-refractivity contribution is 5.68. The van der Waals surface area contributed by atoms with Crippen molar-refractivity contribution in [3.05, 3.63) is 0 Å². The fraction of sp³-hybridized carbons (Fsp3) is 0.750. The van der Waals surface area contributed by atoms with Gasteiger partial charge in [0.1, 0.15) is 12.7 Å². The normalized spacial score (nSPS) is 27.4. The first-order valence-electron chi connectivity index (χ1n) is 8.18. The van der Waals surface area contributed by atoms with Crippen molar-refractivity contribution in [3.8, 4) is 0 Å². The molecule has 154 valence electrons. The number of carbonyl (C=O) groups is 4. The lowest BCUT2D eigenvalue weighted by molar-refractivity contribution is -0.308. The molecule has 0 radical (unpaired) electrons. The second kappa shape index (κ2) is 10.8. The predicted octanol–water partition coefficient (Wildman–Crippen LogP) is -0.922. The minimum Gasteiger partial charge on any atom is -0.463 e. The fourth-order valence-electron chi connectivity index (χ4n) is 2.49. The van der Waals surface area contributed by atoms with E-state index in [1.807, 2.05) is 0 Å². The van der Waals surface area contributed by atoms with Crippen LogP contribution < -0.4 is 0 Å². The van der Waals surface area contributed by atoms with E-state index in [1.54, 1.807) is 0 Å². The van der Waals surface area contributed by atoms with Crippen molar-refractivity contribution in [2.75, 3.05) is 19.8 Å². The van der Waals surface area contributed by atoms with Crippen LogP contribution in [0.5, 0.6) is 0 Å². The van der Waals surface area contributed by atoms with Gasteiger partial charge in [-0.05, 0) is 0 Å². The van der Waals surface area contributed by atoms with Gasteiger partial charge in [0, 0.05) is 27.7 Å². The van der Waals surface area contributed by atoms with E-state index >= 15 is 0 Å². The molecule has 1 aliphatic rings. The van der Waals surface area contributed by atoms with Crippen LogP contribution in [0.3, 0.4) is 0 Å². The Morgan fingerprint density at radius 3 is 1.81 bits per heavy atom. The van der Waals surface area contributed by atoms with Gasteiger partial charge in [-0.3, -0.25) is 19.2 Å². The van der Waals surface area contributed by atoms with Crippen LogP contribution in [-0.4, -0.2) is 79.5 Å². The van der Waals surface area contributed by atoms with Gasteiger partial charge in [-0.2, -0.15) is 0 Å². The summed E-state index contributed by atoms with van der Waals surface area (Å²) in [5, 5.41) is 8.98. The number of rotatable bonds is 8. The van der Waals surface area contributed by atoms with Crippen molar-refractivity contribution in [2.45, 2.75) is 58.4 Å².